The van der Waals surface area contributed by atoms with Crippen LogP contribution in [0.15, 0.2) is 0 Å². The van der Waals surface area contributed by atoms with Gasteiger partial charge >= 0.3 is 0 Å². The van der Waals surface area contributed by atoms with Gasteiger partial charge in [-0.05, 0) is 58.2 Å². The largest absolute Gasteiger partial charge is 0.314 e. The Hall–Kier alpha value is -0.0800. The summed E-state index contributed by atoms with van der Waals surface area (Å²) in [6, 6.07) is 0.705. The summed E-state index contributed by atoms with van der Waals surface area (Å²) in [4.78, 5) is 2.66. The van der Waals surface area contributed by atoms with Crippen molar-refractivity contribution in [1.82, 2.24) is 10.2 Å². The highest BCUT2D eigenvalue weighted by atomic mass is 15.1. The van der Waals surface area contributed by atoms with E-state index >= 15 is 0 Å². The van der Waals surface area contributed by atoms with E-state index in [2.05, 4.69) is 31.0 Å². The van der Waals surface area contributed by atoms with Gasteiger partial charge in [-0.1, -0.05) is 26.7 Å². The molecule has 1 rings (SSSR count). The second-order valence-electron chi connectivity index (χ2n) is 5.71. The van der Waals surface area contributed by atoms with E-state index in [4.69, 9.17) is 0 Å². The Bertz CT molecular complexity index is 182. The molecule has 0 aromatic carbocycles. The van der Waals surface area contributed by atoms with Crippen LogP contribution in [-0.4, -0.2) is 37.1 Å². The lowest BCUT2D eigenvalue weighted by Gasteiger charge is -2.17. The molecular formula is C15H32N2. The SMILES string of the molecule is CCCNC(C)CCCCN1CCC(CC)C1. The molecule has 0 aromatic rings. The molecule has 1 N–H and O–H groups in total. The van der Waals surface area contributed by atoms with Crippen molar-refractivity contribution in [3.63, 3.8) is 0 Å². The highest BCUT2D eigenvalue weighted by molar-refractivity contribution is 4.74. The smallest absolute Gasteiger partial charge is 0.00387 e. The van der Waals surface area contributed by atoms with Gasteiger partial charge in [0.2, 0.25) is 0 Å². The van der Waals surface area contributed by atoms with E-state index < -0.39 is 0 Å². The molecule has 1 heterocycles. The Kier molecular flexibility index (Phi) is 7.87. The van der Waals surface area contributed by atoms with Crippen LogP contribution in [0.4, 0.5) is 0 Å². The van der Waals surface area contributed by atoms with Gasteiger partial charge in [0, 0.05) is 12.6 Å². The molecule has 1 saturated heterocycles. The third kappa shape index (κ3) is 6.42. The lowest BCUT2D eigenvalue weighted by Crippen LogP contribution is -2.27. The number of unbranched alkanes of at least 4 members (excludes halogenated alkanes) is 1. The summed E-state index contributed by atoms with van der Waals surface area (Å²) in [5.41, 5.74) is 0. The van der Waals surface area contributed by atoms with E-state index in [-0.39, 0.29) is 0 Å². The normalized spacial score (nSPS) is 23.1. The van der Waals surface area contributed by atoms with Crippen molar-refractivity contribution in [2.45, 2.75) is 65.3 Å². The van der Waals surface area contributed by atoms with Crippen molar-refractivity contribution in [1.29, 1.82) is 0 Å². The first-order chi connectivity index (χ1) is 8.26. The molecule has 102 valence electrons. The van der Waals surface area contributed by atoms with E-state index in [1.165, 1.54) is 64.7 Å². The minimum Gasteiger partial charge on any atom is -0.314 e. The van der Waals surface area contributed by atoms with Gasteiger partial charge < -0.3 is 10.2 Å². The maximum Gasteiger partial charge on any atom is 0.00387 e. The summed E-state index contributed by atoms with van der Waals surface area (Å²) in [5.74, 6) is 0.986. The molecule has 2 unspecified atom stereocenters. The zero-order valence-electron chi connectivity index (χ0n) is 12.2. The standard InChI is InChI=1S/C15H32N2/c1-4-10-16-14(3)8-6-7-11-17-12-9-15(5-2)13-17/h14-16H,4-13H2,1-3H3. The van der Waals surface area contributed by atoms with Crippen LogP contribution >= 0.6 is 0 Å². The second-order valence-corrected chi connectivity index (χ2v) is 5.71. The molecule has 0 bridgehead atoms. The average molecular weight is 240 g/mol. The molecule has 1 aliphatic rings. The first-order valence-electron chi connectivity index (χ1n) is 7.72. The zero-order chi connectivity index (χ0) is 12.5. The highest BCUT2D eigenvalue weighted by Crippen LogP contribution is 2.19. The van der Waals surface area contributed by atoms with Crippen molar-refractivity contribution < 1.29 is 0 Å². The van der Waals surface area contributed by atoms with Crippen LogP contribution in [-0.2, 0) is 0 Å². The third-order valence-corrected chi connectivity index (χ3v) is 4.05. The van der Waals surface area contributed by atoms with Gasteiger partial charge in [0.25, 0.3) is 0 Å². The van der Waals surface area contributed by atoms with E-state index in [1.807, 2.05) is 0 Å². The maximum absolute atomic E-state index is 3.56. The van der Waals surface area contributed by atoms with Crippen molar-refractivity contribution >= 4 is 0 Å². The molecule has 0 amide bonds. The molecule has 0 saturated carbocycles. The number of hydrogen-bond acceptors (Lipinski definition) is 2. The predicted molar refractivity (Wildman–Crippen MR) is 76.4 cm³/mol. The fraction of sp³-hybridized carbons (Fsp3) is 1.00. The fourth-order valence-electron chi connectivity index (χ4n) is 2.73. The summed E-state index contributed by atoms with van der Waals surface area (Å²) in [6.45, 7) is 12.1. The highest BCUT2D eigenvalue weighted by Gasteiger charge is 2.19. The molecule has 2 nitrogen and oxygen atoms in total. The molecule has 2 atom stereocenters. The predicted octanol–water partition coefficient (Wildman–Crippen LogP) is 3.28. The second kappa shape index (κ2) is 8.93. The van der Waals surface area contributed by atoms with Crippen LogP contribution in [0.5, 0.6) is 0 Å². The Morgan fingerprint density at radius 3 is 2.76 bits per heavy atom. The molecule has 0 aliphatic carbocycles. The van der Waals surface area contributed by atoms with E-state index in [9.17, 15) is 0 Å². The summed E-state index contributed by atoms with van der Waals surface area (Å²) in [6.07, 6.45) is 8.15. The number of likely N-dealkylation sites (tertiary alicyclic amines) is 1. The van der Waals surface area contributed by atoms with Crippen molar-refractivity contribution in [3.05, 3.63) is 0 Å². The van der Waals surface area contributed by atoms with Crippen molar-refractivity contribution in [2.75, 3.05) is 26.2 Å². The summed E-state index contributed by atoms with van der Waals surface area (Å²) < 4.78 is 0. The monoisotopic (exact) mass is 240 g/mol. The Labute approximate surface area is 108 Å². The molecule has 1 aliphatic heterocycles. The first kappa shape index (κ1) is 15.0. The lowest BCUT2D eigenvalue weighted by atomic mass is 10.1. The van der Waals surface area contributed by atoms with Crippen LogP contribution in [0.25, 0.3) is 0 Å². The van der Waals surface area contributed by atoms with Gasteiger partial charge in [0.1, 0.15) is 0 Å². The van der Waals surface area contributed by atoms with Crippen LogP contribution in [0, 0.1) is 5.92 Å². The van der Waals surface area contributed by atoms with Gasteiger partial charge in [0.05, 0.1) is 0 Å². The molecule has 0 spiro atoms. The van der Waals surface area contributed by atoms with Gasteiger partial charge in [-0.25, -0.2) is 0 Å². The molecule has 2 heteroatoms. The Morgan fingerprint density at radius 1 is 1.29 bits per heavy atom. The molecule has 17 heavy (non-hydrogen) atoms. The topological polar surface area (TPSA) is 15.3 Å². The van der Waals surface area contributed by atoms with Gasteiger partial charge in [0.15, 0.2) is 0 Å². The van der Waals surface area contributed by atoms with Gasteiger partial charge in [-0.2, -0.15) is 0 Å². The summed E-state index contributed by atoms with van der Waals surface area (Å²) in [7, 11) is 0. The Balaban J connectivity index is 1.94. The van der Waals surface area contributed by atoms with Crippen molar-refractivity contribution in [3.8, 4) is 0 Å². The lowest BCUT2D eigenvalue weighted by molar-refractivity contribution is 0.310. The van der Waals surface area contributed by atoms with Crippen LogP contribution in [0.3, 0.4) is 0 Å². The molecule has 1 fully saturated rings. The maximum atomic E-state index is 3.56. The van der Waals surface area contributed by atoms with E-state index in [0.29, 0.717) is 6.04 Å². The van der Waals surface area contributed by atoms with E-state index in [0.717, 1.165) is 5.92 Å². The minimum atomic E-state index is 0.705. The summed E-state index contributed by atoms with van der Waals surface area (Å²) >= 11 is 0. The fourth-order valence-corrected chi connectivity index (χ4v) is 2.73. The van der Waals surface area contributed by atoms with Gasteiger partial charge in [-0.15, -0.1) is 0 Å². The quantitative estimate of drug-likeness (QED) is 0.622. The molecule has 0 aromatic heterocycles. The number of hydrogen-bond donors (Lipinski definition) is 1. The molecular weight excluding hydrogens is 208 g/mol. The first-order valence-corrected chi connectivity index (χ1v) is 7.72. The number of nitrogens with zero attached hydrogens (tertiary/aromatic N) is 1. The van der Waals surface area contributed by atoms with Crippen LogP contribution in [0.1, 0.15) is 59.3 Å². The van der Waals surface area contributed by atoms with Crippen LogP contribution < -0.4 is 5.32 Å². The number of nitrogens with one attached hydrogen (secondary N) is 1. The minimum absolute atomic E-state index is 0.705. The number of rotatable bonds is 9. The van der Waals surface area contributed by atoms with Gasteiger partial charge in [-0.3, -0.25) is 0 Å². The van der Waals surface area contributed by atoms with Crippen molar-refractivity contribution in [2.24, 2.45) is 5.92 Å². The average Bonchev–Trinajstić information content (AvgIpc) is 2.80. The Morgan fingerprint density at radius 2 is 2.12 bits per heavy atom. The van der Waals surface area contributed by atoms with E-state index in [1.54, 1.807) is 0 Å². The summed E-state index contributed by atoms with van der Waals surface area (Å²) in [5, 5.41) is 3.56. The molecule has 0 radical (unpaired) electrons. The van der Waals surface area contributed by atoms with Crippen LogP contribution in [0.2, 0.25) is 0 Å². The third-order valence-electron chi connectivity index (χ3n) is 4.05. The zero-order valence-corrected chi connectivity index (χ0v) is 12.2.